The number of anilines is 2. The molecule has 6 nitrogen and oxygen atoms in total. The fourth-order valence-corrected chi connectivity index (χ4v) is 5.36. The number of fused-ring (bicyclic) bond motifs is 1. The summed E-state index contributed by atoms with van der Waals surface area (Å²) in [4.78, 5) is 29.1. The smallest absolute Gasteiger partial charge is 0.239 e. The van der Waals surface area contributed by atoms with Gasteiger partial charge in [0.15, 0.2) is 5.78 Å². The maximum atomic E-state index is 13.7. The number of rotatable bonds is 6. The minimum absolute atomic E-state index is 0.112. The molecule has 1 amide bonds. The Morgan fingerprint density at radius 1 is 1.00 bits per heavy atom. The number of hydrogen-bond acceptors (Lipinski definition) is 5. The number of carbonyl (C=O) groups is 2. The molecule has 2 N–H and O–H groups in total. The molecule has 0 radical (unpaired) electrons. The number of para-hydroxylation sites is 2. The van der Waals surface area contributed by atoms with Crippen LogP contribution < -0.4 is 20.3 Å². The number of allylic oxidation sites excluding steroid dienone is 1. The van der Waals surface area contributed by atoms with Crippen molar-refractivity contribution in [3.63, 3.8) is 0 Å². The van der Waals surface area contributed by atoms with Crippen molar-refractivity contribution in [3.8, 4) is 5.75 Å². The van der Waals surface area contributed by atoms with Crippen molar-refractivity contribution in [1.82, 2.24) is 5.32 Å². The van der Waals surface area contributed by atoms with Crippen molar-refractivity contribution in [2.24, 2.45) is 5.41 Å². The number of methoxy groups -OCH3 is 1. The maximum absolute atomic E-state index is 13.7. The van der Waals surface area contributed by atoms with Gasteiger partial charge in [-0.1, -0.05) is 68.4 Å². The Labute approximate surface area is 218 Å². The van der Waals surface area contributed by atoms with Crippen LogP contribution in [0.3, 0.4) is 0 Å². The Kier molecular flexibility index (Phi) is 6.74. The van der Waals surface area contributed by atoms with Crippen molar-refractivity contribution in [1.29, 1.82) is 0 Å². The summed E-state index contributed by atoms with van der Waals surface area (Å²) in [6.07, 6.45) is 1.24. The molecule has 0 saturated carbocycles. The molecule has 1 heterocycles. The fraction of sp³-hybridized carbons (Fsp3) is 0.290. The highest BCUT2D eigenvalue weighted by Crippen LogP contribution is 2.48. The molecule has 0 saturated heterocycles. The second-order valence-corrected chi connectivity index (χ2v) is 10.5. The Balaban J connectivity index is 1.51. The van der Waals surface area contributed by atoms with Crippen LogP contribution in [0.1, 0.15) is 43.9 Å². The Morgan fingerprint density at radius 3 is 2.43 bits per heavy atom. The zero-order valence-corrected chi connectivity index (χ0v) is 21.6. The average Bonchev–Trinajstić information content (AvgIpc) is 3.02. The first-order valence-electron chi connectivity index (χ1n) is 12.7. The number of ether oxygens (including phenoxy) is 1. The number of carbonyl (C=O) groups excluding carboxylic acids is 2. The summed E-state index contributed by atoms with van der Waals surface area (Å²) >= 11 is 0. The summed E-state index contributed by atoms with van der Waals surface area (Å²) in [6, 6.07) is 25.3. The molecule has 0 unspecified atom stereocenters. The highest BCUT2D eigenvalue weighted by Gasteiger charge is 2.41. The largest absolute Gasteiger partial charge is 0.497 e. The molecule has 1 aliphatic carbocycles. The van der Waals surface area contributed by atoms with Crippen LogP contribution in [-0.2, 0) is 16.1 Å². The van der Waals surface area contributed by atoms with Gasteiger partial charge in [0.2, 0.25) is 5.91 Å². The zero-order chi connectivity index (χ0) is 26.0. The topological polar surface area (TPSA) is 70.7 Å². The molecule has 0 spiro atoms. The standard InChI is InChI=1S/C31H33N3O3/c1-31(2)17-25-29(27(35)18-31)30(22-9-5-4-6-10-22)34(26-12-8-7-11-24(26)33-25)20-28(36)32-19-21-13-15-23(37-3)16-14-21/h4-16,30,33H,17-20H2,1-3H3,(H,32,36)/t30-/m1/s1. The van der Waals surface area contributed by atoms with E-state index >= 15 is 0 Å². The van der Waals surface area contributed by atoms with E-state index in [9.17, 15) is 9.59 Å². The van der Waals surface area contributed by atoms with Gasteiger partial charge in [0.1, 0.15) is 5.75 Å². The van der Waals surface area contributed by atoms with Crippen LogP contribution in [0.15, 0.2) is 90.1 Å². The van der Waals surface area contributed by atoms with Crippen LogP contribution in [0.2, 0.25) is 0 Å². The van der Waals surface area contributed by atoms with Gasteiger partial charge in [-0.25, -0.2) is 0 Å². The number of nitrogens with zero attached hydrogens (tertiary/aromatic N) is 1. The van der Waals surface area contributed by atoms with E-state index in [1.807, 2.05) is 78.9 Å². The summed E-state index contributed by atoms with van der Waals surface area (Å²) in [7, 11) is 1.63. The van der Waals surface area contributed by atoms with Crippen molar-refractivity contribution in [2.45, 2.75) is 39.3 Å². The average molecular weight is 496 g/mol. The summed E-state index contributed by atoms with van der Waals surface area (Å²) in [5, 5.41) is 6.65. The number of ketones is 1. The lowest BCUT2D eigenvalue weighted by Gasteiger charge is -2.37. The van der Waals surface area contributed by atoms with E-state index in [2.05, 4.69) is 29.4 Å². The molecular weight excluding hydrogens is 462 g/mol. The van der Waals surface area contributed by atoms with Crippen LogP contribution in [0.5, 0.6) is 5.75 Å². The fourth-order valence-electron chi connectivity index (χ4n) is 5.36. The molecule has 3 aromatic carbocycles. The predicted molar refractivity (Wildman–Crippen MR) is 146 cm³/mol. The highest BCUT2D eigenvalue weighted by atomic mass is 16.5. The van der Waals surface area contributed by atoms with Gasteiger partial charge < -0.3 is 20.3 Å². The molecule has 0 aromatic heterocycles. The van der Waals surface area contributed by atoms with Crippen molar-refractivity contribution < 1.29 is 14.3 Å². The van der Waals surface area contributed by atoms with Crippen LogP contribution in [0.4, 0.5) is 11.4 Å². The van der Waals surface area contributed by atoms with E-state index in [1.165, 1.54) is 0 Å². The summed E-state index contributed by atoms with van der Waals surface area (Å²) in [6.45, 7) is 4.79. The van der Waals surface area contributed by atoms with Crippen LogP contribution in [0, 0.1) is 5.41 Å². The van der Waals surface area contributed by atoms with Gasteiger partial charge >= 0.3 is 0 Å². The molecule has 0 bridgehead atoms. The SMILES string of the molecule is COc1ccc(CNC(=O)CN2c3ccccc3NC3=C(C(=O)CC(C)(C)C3)[C@H]2c2ccccc2)cc1. The second-order valence-electron chi connectivity index (χ2n) is 10.5. The Bertz CT molecular complexity index is 1330. The third kappa shape index (κ3) is 5.24. The quantitative estimate of drug-likeness (QED) is 0.464. The highest BCUT2D eigenvalue weighted by molar-refractivity contribution is 6.01. The normalized spacial score (nSPS) is 18.3. The van der Waals surface area contributed by atoms with Gasteiger partial charge in [-0.05, 0) is 47.2 Å². The first kappa shape index (κ1) is 24.6. The summed E-state index contributed by atoms with van der Waals surface area (Å²) in [5.74, 6) is 0.794. The lowest BCUT2D eigenvalue weighted by molar-refractivity contribution is -0.120. The molecule has 1 aliphatic heterocycles. The van der Waals surface area contributed by atoms with Crippen LogP contribution in [-0.4, -0.2) is 25.3 Å². The number of Topliss-reactive ketones (excluding diaryl/α,β-unsaturated/α-hetero) is 1. The minimum atomic E-state index is -0.373. The van der Waals surface area contributed by atoms with Gasteiger partial charge in [0, 0.05) is 24.2 Å². The van der Waals surface area contributed by atoms with E-state index in [-0.39, 0.29) is 29.7 Å². The van der Waals surface area contributed by atoms with E-state index in [4.69, 9.17) is 4.74 Å². The third-order valence-electron chi connectivity index (χ3n) is 7.08. The first-order valence-corrected chi connectivity index (χ1v) is 12.7. The molecule has 2 aliphatic rings. The summed E-state index contributed by atoms with van der Waals surface area (Å²) < 4.78 is 5.23. The molecule has 6 heteroatoms. The van der Waals surface area contributed by atoms with Crippen molar-refractivity contribution in [2.75, 3.05) is 23.9 Å². The van der Waals surface area contributed by atoms with Crippen LogP contribution in [0.25, 0.3) is 0 Å². The number of amides is 1. The summed E-state index contributed by atoms with van der Waals surface area (Å²) in [5.41, 5.74) is 5.35. The zero-order valence-electron chi connectivity index (χ0n) is 21.6. The molecule has 37 heavy (non-hydrogen) atoms. The van der Waals surface area contributed by atoms with Crippen molar-refractivity contribution in [3.05, 3.63) is 101 Å². The van der Waals surface area contributed by atoms with Gasteiger partial charge in [-0.15, -0.1) is 0 Å². The predicted octanol–water partition coefficient (Wildman–Crippen LogP) is 5.63. The molecule has 5 rings (SSSR count). The monoisotopic (exact) mass is 495 g/mol. The van der Waals surface area contributed by atoms with E-state index in [1.54, 1.807) is 7.11 Å². The van der Waals surface area contributed by atoms with Crippen molar-refractivity contribution >= 4 is 23.1 Å². The molecule has 3 aromatic rings. The van der Waals surface area contributed by atoms with E-state index in [0.717, 1.165) is 45.9 Å². The second kappa shape index (κ2) is 10.1. The van der Waals surface area contributed by atoms with Gasteiger partial charge in [-0.3, -0.25) is 9.59 Å². The third-order valence-corrected chi connectivity index (χ3v) is 7.08. The maximum Gasteiger partial charge on any atom is 0.239 e. The lowest BCUT2D eigenvalue weighted by Crippen LogP contribution is -2.41. The Hall–Kier alpha value is -4.06. The molecular formula is C31H33N3O3. The molecule has 190 valence electrons. The lowest BCUT2D eigenvalue weighted by atomic mass is 9.73. The number of hydrogen-bond donors (Lipinski definition) is 2. The number of nitrogens with one attached hydrogen (secondary N) is 2. The van der Waals surface area contributed by atoms with Crippen LogP contribution >= 0.6 is 0 Å². The minimum Gasteiger partial charge on any atom is -0.497 e. The Morgan fingerprint density at radius 2 is 1.70 bits per heavy atom. The first-order chi connectivity index (χ1) is 17.8. The van der Waals surface area contributed by atoms with Gasteiger partial charge in [-0.2, -0.15) is 0 Å². The van der Waals surface area contributed by atoms with Gasteiger partial charge in [0.25, 0.3) is 0 Å². The van der Waals surface area contributed by atoms with E-state index in [0.29, 0.717) is 13.0 Å². The number of benzene rings is 3. The van der Waals surface area contributed by atoms with E-state index < -0.39 is 0 Å². The van der Waals surface area contributed by atoms with Gasteiger partial charge in [0.05, 0.1) is 31.1 Å². The molecule has 0 fully saturated rings. The molecule has 1 atom stereocenters.